The van der Waals surface area contributed by atoms with Crippen LogP contribution in [-0.2, 0) is 13.4 Å². The average Bonchev–Trinajstić information content (AvgIpc) is 2.29. The average molecular weight is 280 g/mol. The zero-order valence-electron chi connectivity index (χ0n) is 12.1. The van der Waals surface area contributed by atoms with Crippen LogP contribution < -0.4 is 0 Å². The van der Waals surface area contributed by atoms with E-state index in [0.717, 1.165) is 31.0 Å². The lowest BCUT2D eigenvalue weighted by molar-refractivity contribution is 0.189. The molecule has 0 aliphatic carbocycles. The molecule has 17 heavy (non-hydrogen) atoms. The Balaban J connectivity index is 4.18. The van der Waals surface area contributed by atoms with Gasteiger partial charge >= 0.3 is 8.56 Å². The molecule has 0 aromatic heterocycles. The summed E-state index contributed by atoms with van der Waals surface area (Å²) < 4.78 is 23.8. The SMILES string of the molecule is CCO[Si](C)(CCCP(=O)(CC)CC)OCC. The number of hydrogen-bond acceptors (Lipinski definition) is 3. The third kappa shape index (κ3) is 6.75. The van der Waals surface area contributed by atoms with Gasteiger partial charge < -0.3 is 13.4 Å². The first kappa shape index (κ1) is 17.4. The smallest absolute Gasteiger partial charge is 0.334 e. The molecule has 0 radical (unpaired) electrons. The van der Waals surface area contributed by atoms with Crippen LogP contribution in [0.2, 0.25) is 12.6 Å². The van der Waals surface area contributed by atoms with Crippen LogP contribution in [0.5, 0.6) is 0 Å². The van der Waals surface area contributed by atoms with Crippen LogP contribution in [0.4, 0.5) is 0 Å². The summed E-state index contributed by atoms with van der Waals surface area (Å²) in [7, 11) is -3.89. The zero-order chi connectivity index (χ0) is 13.4. The van der Waals surface area contributed by atoms with Gasteiger partial charge in [0.25, 0.3) is 0 Å². The van der Waals surface area contributed by atoms with Crippen LogP contribution in [-0.4, -0.2) is 40.3 Å². The Kier molecular flexibility index (Phi) is 8.65. The van der Waals surface area contributed by atoms with Crippen LogP contribution in [0.15, 0.2) is 0 Å². The number of hydrogen-bond donors (Lipinski definition) is 0. The lowest BCUT2D eigenvalue weighted by Crippen LogP contribution is -2.38. The fourth-order valence-corrected chi connectivity index (χ4v) is 6.55. The Morgan fingerprint density at radius 3 is 1.82 bits per heavy atom. The molecule has 0 heterocycles. The van der Waals surface area contributed by atoms with Gasteiger partial charge in [0.15, 0.2) is 0 Å². The summed E-state index contributed by atoms with van der Waals surface area (Å²) in [5, 5.41) is 0. The first-order chi connectivity index (χ1) is 7.95. The highest BCUT2D eigenvalue weighted by Gasteiger charge is 2.31. The minimum absolute atomic E-state index is 0.710. The van der Waals surface area contributed by atoms with Crippen LogP contribution in [0.25, 0.3) is 0 Å². The normalized spacial score (nSPS) is 13.0. The second kappa shape index (κ2) is 8.47. The largest absolute Gasteiger partial charge is 0.395 e. The van der Waals surface area contributed by atoms with Gasteiger partial charge in [-0.25, -0.2) is 0 Å². The standard InChI is InChI=1S/C12H29O3PSi/c1-6-14-17(5,15-7-2)12-10-11-16(13,8-3)9-4/h6-12H2,1-5H3. The minimum atomic E-state index is -2.00. The first-order valence-electron chi connectivity index (χ1n) is 6.80. The minimum Gasteiger partial charge on any atom is -0.395 e. The van der Waals surface area contributed by atoms with Crippen LogP contribution in [0, 0.1) is 0 Å². The molecule has 5 heteroatoms. The van der Waals surface area contributed by atoms with Crippen molar-refractivity contribution >= 4 is 15.7 Å². The molecule has 0 saturated heterocycles. The molecule has 0 aliphatic heterocycles. The van der Waals surface area contributed by atoms with Crippen molar-refractivity contribution in [1.82, 2.24) is 0 Å². The first-order valence-corrected chi connectivity index (χ1v) is 11.6. The predicted octanol–water partition coefficient (Wildman–Crippen LogP) is 3.92. The summed E-state index contributed by atoms with van der Waals surface area (Å²) in [5.74, 6) is 0. The van der Waals surface area contributed by atoms with E-state index in [9.17, 15) is 4.57 Å². The Morgan fingerprint density at radius 1 is 1.00 bits per heavy atom. The Bertz CT molecular complexity index is 232. The Morgan fingerprint density at radius 2 is 1.47 bits per heavy atom. The summed E-state index contributed by atoms with van der Waals surface area (Å²) in [6.07, 6.45) is 3.47. The third-order valence-electron chi connectivity index (χ3n) is 3.25. The summed E-state index contributed by atoms with van der Waals surface area (Å²) in [4.78, 5) is 0. The van der Waals surface area contributed by atoms with Crippen LogP contribution in [0.3, 0.4) is 0 Å². The zero-order valence-corrected chi connectivity index (χ0v) is 14.0. The van der Waals surface area contributed by atoms with Gasteiger partial charge in [0, 0.05) is 19.4 Å². The highest BCUT2D eigenvalue weighted by Crippen LogP contribution is 2.45. The predicted molar refractivity (Wildman–Crippen MR) is 77.8 cm³/mol. The highest BCUT2D eigenvalue weighted by molar-refractivity contribution is 7.63. The van der Waals surface area contributed by atoms with Gasteiger partial charge in [0.05, 0.1) is 7.14 Å². The molecular weight excluding hydrogens is 251 g/mol. The molecule has 0 aliphatic rings. The van der Waals surface area contributed by atoms with Gasteiger partial charge in [-0.1, -0.05) is 13.8 Å². The van der Waals surface area contributed by atoms with Crippen molar-refractivity contribution in [3.8, 4) is 0 Å². The van der Waals surface area contributed by atoms with Crippen LogP contribution in [0.1, 0.15) is 34.1 Å². The van der Waals surface area contributed by atoms with Crippen molar-refractivity contribution < 1.29 is 13.4 Å². The van der Waals surface area contributed by atoms with Gasteiger partial charge in [-0.05, 0) is 45.2 Å². The van der Waals surface area contributed by atoms with Crippen molar-refractivity contribution in [3.63, 3.8) is 0 Å². The van der Waals surface area contributed by atoms with E-state index in [1.165, 1.54) is 0 Å². The van der Waals surface area contributed by atoms with E-state index < -0.39 is 15.7 Å². The van der Waals surface area contributed by atoms with Gasteiger partial charge in [0.2, 0.25) is 0 Å². The molecule has 0 fully saturated rings. The molecule has 0 unspecified atom stereocenters. The van der Waals surface area contributed by atoms with Gasteiger partial charge in [-0.3, -0.25) is 0 Å². The van der Waals surface area contributed by atoms with Gasteiger partial charge in [-0.15, -0.1) is 0 Å². The maximum atomic E-state index is 12.3. The molecule has 0 saturated carbocycles. The van der Waals surface area contributed by atoms with Crippen molar-refractivity contribution in [2.75, 3.05) is 31.7 Å². The van der Waals surface area contributed by atoms with E-state index in [1.807, 2.05) is 27.7 Å². The second-order valence-corrected chi connectivity index (χ2v) is 11.7. The van der Waals surface area contributed by atoms with E-state index in [1.54, 1.807) is 0 Å². The van der Waals surface area contributed by atoms with Gasteiger partial charge in [0.1, 0.15) is 0 Å². The van der Waals surface area contributed by atoms with E-state index in [4.69, 9.17) is 8.85 Å². The van der Waals surface area contributed by atoms with Crippen molar-refractivity contribution in [1.29, 1.82) is 0 Å². The lowest BCUT2D eigenvalue weighted by Gasteiger charge is -2.26. The molecule has 3 nitrogen and oxygen atoms in total. The topological polar surface area (TPSA) is 35.5 Å². The Hall–Kier alpha value is 0.367. The quantitative estimate of drug-likeness (QED) is 0.449. The second-order valence-electron chi connectivity index (χ2n) is 4.52. The molecule has 104 valence electrons. The van der Waals surface area contributed by atoms with E-state index in [-0.39, 0.29) is 0 Å². The summed E-state index contributed by atoms with van der Waals surface area (Å²) in [5.41, 5.74) is 0. The van der Waals surface area contributed by atoms with Crippen LogP contribution >= 0.6 is 7.14 Å². The molecule has 0 N–H and O–H groups in total. The molecule has 0 rings (SSSR count). The molecule has 0 aromatic carbocycles. The van der Waals surface area contributed by atoms with E-state index >= 15 is 0 Å². The van der Waals surface area contributed by atoms with Crippen molar-refractivity contribution in [2.24, 2.45) is 0 Å². The van der Waals surface area contributed by atoms with Crippen molar-refractivity contribution in [2.45, 2.75) is 46.7 Å². The molecule has 0 bridgehead atoms. The lowest BCUT2D eigenvalue weighted by atomic mass is 10.6. The number of rotatable bonds is 10. The third-order valence-corrected chi connectivity index (χ3v) is 9.75. The highest BCUT2D eigenvalue weighted by atomic mass is 31.2. The van der Waals surface area contributed by atoms with Crippen molar-refractivity contribution in [3.05, 3.63) is 0 Å². The fraction of sp³-hybridized carbons (Fsp3) is 1.00. The summed E-state index contributed by atoms with van der Waals surface area (Å²) >= 11 is 0. The molecule has 0 aromatic rings. The van der Waals surface area contributed by atoms with E-state index in [0.29, 0.717) is 13.2 Å². The summed E-state index contributed by atoms with van der Waals surface area (Å²) in [6.45, 7) is 11.6. The monoisotopic (exact) mass is 280 g/mol. The fourth-order valence-electron chi connectivity index (χ4n) is 2.02. The maximum absolute atomic E-state index is 12.3. The Labute approximate surface area is 108 Å². The van der Waals surface area contributed by atoms with Gasteiger partial charge in [-0.2, -0.15) is 0 Å². The van der Waals surface area contributed by atoms with E-state index in [2.05, 4.69) is 6.55 Å². The maximum Gasteiger partial charge on any atom is 0.334 e. The summed E-state index contributed by atoms with van der Waals surface area (Å²) in [6, 6.07) is 0.957. The molecular formula is C12H29O3PSi. The molecule has 0 atom stereocenters. The molecule has 0 amide bonds. The molecule has 0 spiro atoms.